The number of hydrogen-bond acceptors (Lipinski definition) is 4. The van der Waals surface area contributed by atoms with E-state index in [9.17, 15) is 4.79 Å². The van der Waals surface area contributed by atoms with Gasteiger partial charge < -0.3 is 5.32 Å². The molecule has 2 heterocycles. The summed E-state index contributed by atoms with van der Waals surface area (Å²) in [6.07, 6.45) is 2.83. The van der Waals surface area contributed by atoms with Crippen LogP contribution in [0.25, 0.3) is 0 Å². The summed E-state index contributed by atoms with van der Waals surface area (Å²) < 4.78 is 1.75. The van der Waals surface area contributed by atoms with E-state index in [1.165, 1.54) is 6.33 Å². The maximum atomic E-state index is 12.9. The number of aromatic nitrogens is 3. The van der Waals surface area contributed by atoms with E-state index in [1.54, 1.807) is 4.68 Å². The molecule has 0 bridgehead atoms. The Hall–Kier alpha value is -2.14. The quantitative estimate of drug-likeness (QED) is 0.869. The lowest BCUT2D eigenvalue weighted by Gasteiger charge is -2.38. The van der Waals surface area contributed by atoms with Gasteiger partial charge in [-0.05, 0) is 17.9 Å². The van der Waals surface area contributed by atoms with E-state index in [4.69, 9.17) is 11.6 Å². The fraction of sp³-hybridized carbons (Fsp3) is 0.353. The van der Waals surface area contributed by atoms with Crippen LogP contribution in [-0.2, 0) is 4.79 Å². The van der Waals surface area contributed by atoms with Crippen LogP contribution in [0.3, 0.4) is 0 Å². The molecule has 0 amide bonds. The summed E-state index contributed by atoms with van der Waals surface area (Å²) in [7, 11) is 0. The van der Waals surface area contributed by atoms with Crippen molar-refractivity contribution in [2.45, 2.75) is 32.7 Å². The van der Waals surface area contributed by atoms with Crippen LogP contribution in [0.2, 0.25) is 5.02 Å². The Bertz CT molecular complexity index is 837. The van der Waals surface area contributed by atoms with Crippen LogP contribution in [0.4, 0.5) is 5.95 Å². The maximum absolute atomic E-state index is 12.9. The highest BCUT2D eigenvalue weighted by molar-refractivity contribution is 6.31. The van der Waals surface area contributed by atoms with E-state index in [0.29, 0.717) is 17.4 Å². The Morgan fingerprint density at radius 1 is 1.30 bits per heavy atom. The van der Waals surface area contributed by atoms with Gasteiger partial charge >= 0.3 is 0 Å². The molecule has 2 aromatic rings. The summed E-state index contributed by atoms with van der Waals surface area (Å²) in [6.45, 7) is 4.22. The Morgan fingerprint density at radius 3 is 2.87 bits per heavy atom. The second-order valence-electron chi connectivity index (χ2n) is 6.91. The molecule has 0 radical (unpaired) electrons. The van der Waals surface area contributed by atoms with E-state index in [-0.39, 0.29) is 17.2 Å². The molecule has 4 rings (SSSR count). The molecule has 1 N–H and O–H groups in total. The molecular formula is C17H17ClN4O. The number of hydrogen-bond donors (Lipinski definition) is 1. The van der Waals surface area contributed by atoms with Crippen molar-refractivity contribution in [3.8, 4) is 0 Å². The van der Waals surface area contributed by atoms with Crippen LogP contribution in [0.15, 0.2) is 41.9 Å². The van der Waals surface area contributed by atoms with Gasteiger partial charge in [-0.15, -0.1) is 0 Å². The first kappa shape index (κ1) is 14.5. The molecule has 0 saturated heterocycles. The van der Waals surface area contributed by atoms with Crippen LogP contribution in [0, 0.1) is 5.41 Å². The number of anilines is 1. The number of nitrogens with one attached hydrogen (secondary N) is 1. The number of carbonyl (C=O) groups is 1. The zero-order valence-electron chi connectivity index (χ0n) is 13.0. The van der Waals surface area contributed by atoms with Gasteiger partial charge in [0, 0.05) is 28.3 Å². The van der Waals surface area contributed by atoms with Gasteiger partial charge in [-0.2, -0.15) is 10.1 Å². The topological polar surface area (TPSA) is 59.8 Å². The third kappa shape index (κ3) is 2.27. The molecule has 23 heavy (non-hydrogen) atoms. The van der Waals surface area contributed by atoms with Crippen molar-refractivity contribution < 1.29 is 4.79 Å². The maximum Gasteiger partial charge on any atom is 0.226 e. The summed E-state index contributed by atoms with van der Waals surface area (Å²) in [5.41, 5.74) is 2.52. The second-order valence-corrected chi connectivity index (χ2v) is 7.32. The first-order valence-electron chi connectivity index (χ1n) is 7.63. The minimum Gasteiger partial charge on any atom is -0.328 e. The molecule has 0 spiro atoms. The van der Waals surface area contributed by atoms with Gasteiger partial charge in [0.2, 0.25) is 5.95 Å². The standard InChI is InChI=1S/C17H17ClN4O/c1-17(2)7-12-14(13(23)8-17)15(10-5-3-4-6-11(10)18)22-16(21-12)19-9-20-22/h3-6,9,15H,7-8H2,1-2H3,(H,19,20,21)/t15-/m0/s1. The number of carbonyl (C=O) groups excluding carboxylic acids is 1. The Labute approximate surface area is 139 Å². The Morgan fingerprint density at radius 2 is 2.09 bits per heavy atom. The molecule has 1 atom stereocenters. The van der Waals surface area contributed by atoms with E-state index >= 15 is 0 Å². The molecule has 1 aliphatic heterocycles. The largest absolute Gasteiger partial charge is 0.328 e. The van der Waals surface area contributed by atoms with Gasteiger partial charge in [0.1, 0.15) is 12.4 Å². The number of fused-ring (bicyclic) bond motifs is 1. The normalized spacial score (nSPS) is 22.4. The summed E-state index contributed by atoms with van der Waals surface area (Å²) in [5.74, 6) is 0.800. The highest BCUT2D eigenvalue weighted by Crippen LogP contribution is 2.46. The highest BCUT2D eigenvalue weighted by Gasteiger charge is 2.41. The molecular weight excluding hydrogens is 312 g/mol. The van der Waals surface area contributed by atoms with E-state index < -0.39 is 0 Å². The first-order chi connectivity index (χ1) is 11.0. The molecule has 0 unspecified atom stereocenters. The predicted octanol–water partition coefficient (Wildman–Crippen LogP) is 3.59. The number of nitrogens with zero attached hydrogens (tertiary/aromatic N) is 3. The van der Waals surface area contributed by atoms with Crippen molar-refractivity contribution in [3.63, 3.8) is 0 Å². The van der Waals surface area contributed by atoms with E-state index in [2.05, 4.69) is 29.2 Å². The van der Waals surface area contributed by atoms with Gasteiger partial charge in [0.25, 0.3) is 0 Å². The lowest BCUT2D eigenvalue weighted by Crippen LogP contribution is -2.36. The van der Waals surface area contributed by atoms with Crippen molar-refractivity contribution in [2.75, 3.05) is 5.32 Å². The molecule has 5 nitrogen and oxygen atoms in total. The third-order valence-corrected chi connectivity index (χ3v) is 4.82. The second kappa shape index (κ2) is 4.93. The number of benzene rings is 1. The van der Waals surface area contributed by atoms with Crippen LogP contribution >= 0.6 is 11.6 Å². The fourth-order valence-corrected chi connectivity index (χ4v) is 3.77. The summed E-state index contributed by atoms with van der Waals surface area (Å²) >= 11 is 6.41. The molecule has 2 aliphatic rings. The van der Waals surface area contributed by atoms with Gasteiger partial charge in [0.15, 0.2) is 5.78 Å². The van der Waals surface area contributed by atoms with Crippen molar-refractivity contribution in [1.29, 1.82) is 0 Å². The van der Waals surface area contributed by atoms with Crippen molar-refractivity contribution in [1.82, 2.24) is 14.8 Å². The van der Waals surface area contributed by atoms with E-state index in [1.807, 2.05) is 24.3 Å². The monoisotopic (exact) mass is 328 g/mol. The van der Waals surface area contributed by atoms with Gasteiger partial charge in [-0.1, -0.05) is 43.6 Å². The molecule has 1 aromatic heterocycles. The van der Waals surface area contributed by atoms with Gasteiger partial charge in [-0.25, -0.2) is 4.68 Å². The van der Waals surface area contributed by atoms with Crippen molar-refractivity contribution in [3.05, 3.63) is 52.4 Å². The average molecular weight is 329 g/mol. The minimum atomic E-state index is -0.318. The van der Waals surface area contributed by atoms with Crippen molar-refractivity contribution in [2.24, 2.45) is 5.41 Å². The van der Waals surface area contributed by atoms with Crippen LogP contribution < -0.4 is 5.32 Å². The summed E-state index contributed by atoms with van der Waals surface area (Å²) in [6, 6.07) is 7.28. The van der Waals surface area contributed by atoms with Crippen LogP contribution in [-0.4, -0.2) is 20.5 Å². The lowest BCUT2D eigenvalue weighted by atomic mass is 9.73. The Kier molecular flexibility index (Phi) is 3.10. The summed E-state index contributed by atoms with van der Waals surface area (Å²) in [4.78, 5) is 17.1. The molecule has 0 saturated carbocycles. The zero-order chi connectivity index (χ0) is 16.2. The predicted molar refractivity (Wildman–Crippen MR) is 88.3 cm³/mol. The number of halogens is 1. The first-order valence-corrected chi connectivity index (χ1v) is 8.01. The smallest absolute Gasteiger partial charge is 0.226 e. The Balaban J connectivity index is 1.94. The van der Waals surface area contributed by atoms with Crippen molar-refractivity contribution >= 4 is 23.3 Å². The molecule has 1 aliphatic carbocycles. The SMILES string of the molecule is CC1(C)CC(=O)C2=C(C1)Nc1ncnn1[C@H]2c1ccccc1Cl. The van der Waals surface area contributed by atoms with E-state index in [0.717, 1.165) is 23.3 Å². The van der Waals surface area contributed by atoms with Gasteiger partial charge in [-0.3, -0.25) is 4.79 Å². The minimum absolute atomic E-state index is 0.0594. The number of ketones is 1. The van der Waals surface area contributed by atoms with Crippen LogP contribution in [0.1, 0.15) is 38.3 Å². The molecule has 6 heteroatoms. The molecule has 0 fully saturated rings. The molecule has 118 valence electrons. The number of allylic oxidation sites excluding steroid dienone is 2. The molecule has 1 aromatic carbocycles. The fourth-order valence-electron chi connectivity index (χ4n) is 3.53. The van der Waals surface area contributed by atoms with Gasteiger partial charge in [0.05, 0.1) is 0 Å². The van der Waals surface area contributed by atoms with Crippen LogP contribution in [0.5, 0.6) is 0 Å². The lowest BCUT2D eigenvalue weighted by molar-refractivity contribution is -0.118. The number of rotatable bonds is 1. The highest BCUT2D eigenvalue weighted by atomic mass is 35.5. The average Bonchev–Trinajstić information content (AvgIpc) is 2.92. The third-order valence-electron chi connectivity index (χ3n) is 4.47. The number of Topliss-reactive ketones (excluding diaryl/α,β-unsaturated/α-hetero) is 1. The zero-order valence-corrected chi connectivity index (χ0v) is 13.8. The summed E-state index contributed by atoms with van der Waals surface area (Å²) in [5, 5.41) is 8.23.